The smallest absolute Gasteiger partial charge is 0.277 e. The normalized spacial score (nSPS) is 15.1. The lowest BCUT2D eigenvalue weighted by Gasteiger charge is -2.35. The number of piperidine rings is 1. The molecule has 2 aromatic heterocycles. The third kappa shape index (κ3) is 6.94. The highest BCUT2D eigenvalue weighted by molar-refractivity contribution is 6.09. The van der Waals surface area contributed by atoms with E-state index >= 15 is 0 Å². The van der Waals surface area contributed by atoms with Gasteiger partial charge in [0.05, 0.1) is 12.5 Å². The molecule has 0 saturated carbocycles. The Hall–Kier alpha value is -4.01. The van der Waals surface area contributed by atoms with Crippen LogP contribution in [0.4, 0.5) is 5.69 Å². The van der Waals surface area contributed by atoms with Crippen LogP contribution in [0.3, 0.4) is 0 Å². The van der Waals surface area contributed by atoms with Crippen LogP contribution < -0.4 is 10.2 Å². The molecule has 1 aromatic carbocycles. The van der Waals surface area contributed by atoms with Crippen molar-refractivity contribution < 1.29 is 14.4 Å². The van der Waals surface area contributed by atoms with Gasteiger partial charge in [0.2, 0.25) is 11.8 Å². The van der Waals surface area contributed by atoms with Gasteiger partial charge in [-0.1, -0.05) is 52.8 Å². The van der Waals surface area contributed by atoms with E-state index in [-0.39, 0.29) is 34.9 Å². The molecule has 9 heteroatoms. The number of benzene rings is 1. The number of aromatic amines is 1. The fraction of sp³-hybridized carbons (Fsp3) is 0.452. The Morgan fingerprint density at radius 1 is 1.05 bits per heavy atom. The quantitative estimate of drug-likeness (QED) is 0.429. The lowest BCUT2D eigenvalue weighted by atomic mass is 9.87. The Morgan fingerprint density at radius 3 is 2.30 bits per heavy atom. The second kappa shape index (κ2) is 12.4. The van der Waals surface area contributed by atoms with E-state index in [0.717, 1.165) is 5.56 Å². The molecule has 1 atom stereocenters. The monoisotopic (exact) mass is 544 g/mol. The van der Waals surface area contributed by atoms with E-state index in [9.17, 15) is 14.4 Å². The molecule has 212 valence electrons. The van der Waals surface area contributed by atoms with Crippen molar-refractivity contribution in [2.24, 2.45) is 5.92 Å². The van der Waals surface area contributed by atoms with Crippen molar-refractivity contribution in [3.8, 4) is 0 Å². The number of imidazole rings is 1. The Labute approximate surface area is 236 Å². The fourth-order valence-corrected chi connectivity index (χ4v) is 5.00. The van der Waals surface area contributed by atoms with E-state index < -0.39 is 6.04 Å². The van der Waals surface area contributed by atoms with Gasteiger partial charge in [0.15, 0.2) is 0 Å². The van der Waals surface area contributed by atoms with Crippen molar-refractivity contribution in [1.82, 2.24) is 25.2 Å². The lowest BCUT2D eigenvalue weighted by molar-refractivity contribution is -0.133. The Kier molecular flexibility index (Phi) is 9.02. The molecule has 0 aliphatic carbocycles. The van der Waals surface area contributed by atoms with Crippen LogP contribution in [-0.4, -0.2) is 56.7 Å². The second-order valence-corrected chi connectivity index (χ2v) is 11.9. The van der Waals surface area contributed by atoms with Gasteiger partial charge >= 0.3 is 0 Å². The van der Waals surface area contributed by atoms with Gasteiger partial charge in [-0.3, -0.25) is 24.3 Å². The first-order valence-electron chi connectivity index (χ1n) is 13.9. The SMILES string of the molecule is CC(C)CC(=O)N1CCC(NC(=O)C(c2cccnc2)N(C(=O)c2cnc[nH]2)c2ccc(C(C)(C)C)cc2)CC1. The number of anilines is 1. The molecule has 3 heterocycles. The maximum Gasteiger partial charge on any atom is 0.277 e. The molecule has 1 aliphatic heterocycles. The van der Waals surface area contributed by atoms with Crippen LogP contribution >= 0.6 is 0 Å². The molecular formula is C31H40N6O3. The molecule has 1 fully saturated rings. The fourth-order valence-electron chi connectivity index (χ4n) is 5.00. The Morgan fingerprint density at radius 2 is 1.75 bits per heavy atom. The lowest BCUT2D eigenvalue weighted by Crippen LogP contribution is -2.51. The molecule has 4 rings (SSSR count). The third-order valence-electron chi connectivity index (χ3n) is 7.24. The predicted octanol–water partition coefficient (Wildman–Crippen LogP) is 4.64. The van der Waals surface area contributed by atoms with E-state index in [4.69, 9.17) is 0 Å². The Balaban J connectivity index is 1.64. The zero-order chi connectivity index (χ0) is 28.9. The number of carbonyl (C=O) groups is 3. The largest absolute Gasteiger partial charge is 0.351 e. The molecule has 3 amide bonds. The maximum absolute atomic E-state index is 14.0. The van der Waals surface area contributed by atoms with Crippen LogP contribution in [0.2, 0.25) is 0 Å². The zero-order valence-corrected chi connectivity index (χ0v) is 24.1. The number of nitrogens with zero attached hydrogens (tertiary/aromatic N) is 4. The van der Waals surface area contributed by atoms with Gasteiger partial charge < -0.3 is 15.2 Å². The van der Waals surface area contributed by atoms with Crippen LogP contribution in [0.1, 0.15) is 81.5 Å². The van der Waals surface area contributed by atoms with Crippen LogP contribution in [0, 0.1) is 5.92 Å². The minimum absolute atomic E-state index is 0.0672. The first-order valence-corrected chi connectivity index (χ1v) is 13.9. The van der Waals surface area contributed by atoms with Crippen molar-refractivity contribution in [2.75, 3.05) is 18.0 Å². The first-order chi connectivity index (χ1) is 19.0. The summed E-state index contributed by atoms with van der Waals surface area (Å²) in [4.78, 5) is 55.1. The minimum atomic E-state index is -0.967. The standard InChI is InChI=1S/C31H40N6O3/c1-21(2)17-27(38)36-15-12-24(13-16-36)35-29(39)28(22-7-6-14-32-18-22)37(30(40)26-19-33-20-34-26)25-10-8-23(9-11-25)31(3,4)5/h6-11,14,18-21,24,28H,12-13,15-17H2,1-5H3,(H,33,34)(H,35,39). The number of pyridine rings is 1. The average Bonchev–Trinajstić information content (AvgIpc) is 3.47. The molecule has 40 heavy (non-hydrogen) atoms. The predicted molar refractivity (Wildman–Crippen MR) is 155 cm³/mol. The highest BCUT2D eigenvalue weighted by atomic mass is 16.2. The molecule has 0 radical (unpaired) electrons. The van der Waals surface area contributed by atoms with Crippen LogP contribution in [0.5, 0.6) is 0 Å². The van der Waals surface area contributed by atoms with Gasteiger partial charge in [-0.25, -0.2) is 4.98 Å². The van der Waals surface area contributed by atoms with Gasteiger partial charge in [-0.05, 0) is 47.9 Å². The molecular weight excluding hydrogens is 504 g/mol. The molecule has 2 N–H and O–H groups in total. The average molecular weight is 545 g/mol. The topological polar surface area (TPSA) is 111 Å². The summed E-state index contributed by atoms with van der Waals surface area (Å²) >= 11 is 0. The van der Waals surface area contributed by atoms with E-state index in [2.05, 4.69) is 41.0 Å². The second-order valence-electron chi connectivity index (χ2n) is 11.9. The third-order valence-corrected chi connectivity index (χ3v) is 7.24. The number of nitrogens with one attached hydrogen (secondary N) is 2. The summed E-state index contributed by atoms with van der Waals surface area (Å²) < 4.78 is 0. The number of likely N-dealkylation sites (tertiary alicyclic amines) is 1. The summed E-state index contributed by atoms with van der Waals surface area (Å²) in [7, 11) is 0. The molecule has 3 aromatic rings. The molecule has 9 nitrogen and oxygen atoms in total. The van der Waals surface area contributed by atoms with Gasteiger partial charge in [-0.2, -0.15) is 0 Å². The number of hydrogen-bond acceptors (Lipinski definition) is 5. The molecule has 1 saturated heterocycles. The first kappa shape index (κ1) is 29.0. The summed E-state index contributed by atoms with van der Waals surface area (Å²) in [5.41, 5.74) is 2.51. The number of hydrogen-bond donors (Lipinski definition) is 2. The van der Waals surface area contributed by atoms with E-state index in [1.165, 1.54) is 17.4 Å². The van der Waals surface area contributed by atoms with Crippen molar-refractivity contribution in [3.05, 3.63) is 78.1 Å². The number of H-pyrrole nitrogens is 1. The van der Waals surface area contributed by atoms with Crippen LogP contribution in [0.25, 0.3) is 0 Å². The highest BCUT2D eigenvalue weighted by Gasteiger charge is 2.36. The molecule has 0 spiro atoms. The van der Waals surface area contributed by atoms with Gasteiger partial charge in [-0.15, -0.1) is 0 Å². The summed E-state index contributed by atoms with van der Waals surface area (Å²) in [5, 5.41) is 3.18. The number of carbonyl (C=O) groups excluding carboxylic acids is 3. The minimum Gasteiger partial charge on any atom is -0.351 e. The Bertz CT molecular complexity index is 1270. The van der Waals surface area contributed by atoms with E-state index in [1.54, 1.807) is 24.5 Å². The highest BCUT2D eigenvalue weighted by Crippen LogP contribution is 2.32. The zero-order valence-electron chi connectivity index (χ0n) is 24.1. The van der Waals surface area contributed by atoms with Crippen molar-refractivity contribution in [3.63, 3.8) is 0 Å². The molecule has 0 bridgehead atoms. The number of rotatable bonds is 8. The summed E-state index contributed by atoms with van der Waals surface area (Å²) in [5.74, 6) is -0.212. The number of aromatic nitrogens is 3. The maximum atomic E-state index is 14.0. The summed E-state index contributed by atoms with van der Waals surface area (Å²) in [6.07, 6.45) is 8.01. The number of amides is 3. The van der Waals surface area contributed by atoms with Gasteiger partial charge in [0.25, 0.3) is 5.91 Å². The van der Waals surface area contributed by atoms with Crippen molar-refractivity contribution >= 4 is 23.4 Å². The van der Waals surface area contributed by atoms with Crippen molar-refractivity contribution in [1.29, 1.82) is 0 Å². The van der Waals surface area contributed by atoms with Crippen LogP contribution in [-0.2, 0) is 15.0 Å². The molecule has 1 aliphatic rings. The summed E-state index contributed by atoms with van der Waals surface area (Å²) in [6, 6.07) is 10.2. The van der Waals surface area contributed by atoms with Crippen LogP contribution in [0.15, 0.2) is 61.3 Å². The molecule has 1 unspecified atom stereocenters. The summed E-state index contributed by atoms with van der Waals surface area (Å²) in [6.45, 7) is 11.7. The van der Waals surface area contributed by atoms with Gasteiger partial charge in [0.1, 0.15) is 11.7 Å². The van der Waals surface area contributed by atoms with Crippen molar-refractivity contribution in [2.45, 2.75) is 71.4 Å². The van der Waals surface area contributed by atoms with Gasteiger partial charge in [0, 0.05) is 49.2 Å². The van der Waals surface area contributed by atoms with E-state index in [0.29, 0.717) is 49.5 Å². The van der Waals surface area contributed by atoms with E-state index in [1.807, 2.05) is 43.0 Å².